The zero-order chi connectivity index (χ0) is 15.6. The van der Waals surface area contributed by atoms with Crippen molar-refractivity contribution in [1.29, 1.82) is 0 Å². The minimum atomic E-state index is -1.02. The van der Waals surface area contributed by atoms with Crippen LogP contribution in [0.25, 0.3) is 0 Å². The van der Waals surface area contributed by atoms with Crippen molar-refractivity contribution in [2.75, 3.05) is 0 Å². The van der Waals surface area contributed by atoms with Gasteiger partial charge in [0.05, 0.1) is 5.54 Å². The van der Waals surface area contributed by atoms with Gasteiger partial charge in [-0.05, 0) is 78.0 Å². The van der Waals surface area contributed by atoms with Crippen molar-refractivity contribution in [2.45, 2.75) is 71.6 Å². The fourth-order valence-corrected chi connectivity index (χ4v) is 2.78. The van der Waals surface area contributed by atoms with Gasteiger partial charge in [-0.3, -0.25) is 0 Å². The van der Waals surface area contributed by atoms with Crippen LogP contribution in [0.1, 0.15) is 57.7 Å². The Morgan fingerprint density at radius 1 is 1.05 bits per heavy atom. The lowest BCUT2D eigenvalue weighted by Crippen LogP contribution is -2.50. The molecule has 0 aliphatic heterocycles. The summed E-state index contributed by atoms with van der Waals surface area (Å²) in [6.07, 6.45) is 1.97. The number of benzene rings is 1. The summed E-state index contributed by atoms with van der Waals surface area (Å²) in [5, 5.41) is 0. The van der Waals surface area contributed by atoms with Gasteiger partial charge >= 0.3 is 0 Å². The Balaban J connectivity index is 2.60. The fourth-order valence-electron chi connectivity index (χ4n) is 1.87. The van der Waals surface area contributed by atoms with E-state index in [-0.39, 0.29) is 10.3 Å². The van der Waals surface area contributed by atoms with Crippen LogP contribution in [0.5, 0.6) is 0 Å². The molecule has 0 saturated heterocycles. The van der Waals surface area contributed by atoms with E-state index in [9.17, 15) is 4.55 Å². The molecule has 0 bridgehead atoms. The van der Waals surface area contributed by atoms with Crippen molar-refractivity contribution >= 4 is 11.4 Å². The third kappa shape index (κ3) is 5.47. The summed E-state index contributed by atoms with van der Waals surface area (Å²) in [6, 6.07) is 6.63. The summed E-state index contributed by atoms with van der Waals surface area (Å²) in [7, 11) is 0. The molecule has 1 aromatic rings. The van der Waals surface area contributed by atoms with E-state index in [2.05, 4.69) is 50.6 Å². The summed E-state index contributed by atoms with van der Waals surface area (Å²) in [6.45, 7) is 14.5. The maximum Gasteiger partial charge on any atom is 0.136 e. The largest absolute Gasteiger partial charge is 0.598 e. The van der Waals surface area contributed by atoms with Crippen LogP contribution >= 0.6 is 0 Å². The number of nitrogens with one attached hydrogen (secondary N) is 1. The Morgan fingerprint density at radius 2 is 1.65 bits per heavy atom. The molecule has 1 N–H and O–H groups in total. The first-order valence-electron chi connectivity index (χ1n) is 7.27. The maximum absolute atomic E-state index is 12.2. The smallest absolute Gasteiger partial charge is 0.136 e. The normalized spacial score (nSPS) is 14.4. The van der Waals surface area contributed by atoms with Crippen LogP contribution in [0, 0.1) is 13.8 Å². The Labute approximate surface area is 127 Å². The molecule has 1 aromatic carbocycles. The van der Waals surface area contributed by atoms with Gasteiger partial charge in [0.15, 0.2) is 0 Å². The molecular weight excluding hydrogens is 266 g/mol. The molecule has 20 heavy (non-hydrogen) atoms. The van der Waals surface area contributed by atoms with Crippen molar-refractivity contribution < 1.29 is 4.55 Å². The second-order valence-electron chi connectivity index (χ2n) is 7.29. The van der Waals surface area contributed by atoms with Gasteiger partial charge in [0.2, 0.25) is 0 Å². The highest BCUT2D eigenvalue weighted by atomic mass is 32.2. The predicted molar refractivity (Wildman–Crippen MR) is 89.3 cm³/mol. The van der Waals surface area contributed by atoms with E-state index in [1.165, 1.54) is 16.7 Å². The van der Waals surface area contributed by atoms with Crippen molar-refractivity contribution in [3.8, 4) is 0 Å². The molecule has 0 unspecified atom stereocenters. The van der Waals surface area contributed by atoms with Gasteiger partial charge in [0, 0.05) is 11.4 Å². The summed E-state index contributed by atoms with van der Waals surface area (Å²) < 4.78 is 15.2. The molecule has 1 atom stereocenters. The summed E-state index contributed by atoms with van der Waals surface area (Å²) >= 11 is -1.02. The second-order valence-corrected chi connectivity index (χ2v) is 9.25. The Bertz CT molecular complexity index is 449. The quantitative estimate of drug-likeness (QED) is 0.831. The molecule has 0 spiro atoms. The van der Waals surface area contributed by atoms with E-state index < -0.39 is 11.4 Å². The summed E-state index contributed by atoms with van der Waals surface area (Å²) in [5.74, 6) is 0. The Kier molecular flexibility index (Phi) is 5.70. The van der Waals surface area contributed by atoms with Crippen LogP contribution in [0.4, 0.5) is 0 Å². The molecule has 3 heteroatoms. The molecule has 0 amide bonds. The zero-order valence-corrected chi connectivity index (χ0v) is 14.8. The predicted octanol–water partition coefficient (Wildman–Crippen LogP) is 4.07. The molecular formula is C17H29NOS. The van der Waals surface area contributed by atoms with Gasteiger partial charge in [-0.1, -0.05) is 18.2 Å². The van der Waals surface area contributed by atoms with Crippen molar-refractivity contribution in [3.05, 3.63) is 34.9 Å². The number of aryl methyl sites for hydroxylation is 3. The minimum Gasteiger partial charge on any atom is -0.598 e. The highest BCUT2D eigenvalue weighted by Gasteiger charge is 2.32. The first-order valence-corrected chi connectivity index (χ1v) is 8.42. The second kappa shape index (κ2) is 6.50. The number of hydrogen-bond acceptors (Lipinski definition) is 2. The standard InChI is InChI=1S/C17H29NOS/c1-13-8-9-15(12-14(13)2)10-11-17(6,7)18-20(19)16(3,4)5/h8-9,12,18H,10-11H2,1-7H3/t20-/m1/s1. The lowest BCUT2D eigenvalue weighted by Gasteiger charge is -2.32. The fraction of sp³-hybridized carbons (Fsp3) is 0.647. The topological polar surface area (TPSA) is 35.1 Å². The number of hydrogen-bond donors (Lipinski definition) is 1. The van der Waals surface area contributed by atoms with Gasteiger partial charge in [0.25, 0.3) is 0 Å². The third-order valence-electron chi connectivity index (χ3n) is 3.54. The van der Waals surface area contributed by atoms with E-state index in [1.54, 1.807) is 0 Å². The van der Waals surface area contributed by atoms with Crippen LogP contribution in [0.3, 0.4) is 0 Å². The molecule has 0 aliphatic rings. The molecule has 0 aliphatic carbocycles. The molecule has 0 saturated carbocycles. The zero-order valence-electron chi connectivity index (χ0n) is 14.0. The van der Waals surface area contributed by atoms with Crippen LogP contribution in [0.15, 0.2) is 18.2 Å². The van der Waals surface area contributed by atoms with Crippen molar-refractivity contribution in [1.82, 2.24) is 4.72 Å². The van der Waals surface area contributed by atoms with Gasteiger partial charge in [-0.2, -0.15) is 0 Å². The molecule has 0 aromatic heterocycles. The van der Waals surface area contributed by atoms with E-state index in [0.717, 1.165) is 12.8 Å². The van der Waals surface area contributed by atoms with E-state index in [4.69, 9.17) is 0 Å². The average molecular weight is 295 g/mol. The van der Waals surface area contributed by atoms with Crippen molar-refractivity contribution in [3.63, 3.8) is 0 Å². The van der Waals surface area contributed by atoms with Crippen LogP contribution in [-0.2, 0) is 17.8 Å². The van der Waals surface area contributed by atoms with Gasteiger partial charge in [0.1, 0.15) is 4.75 Å². The minimum absolute atomic E-state index is 0.128. The van der Waals surface area contributed by atoms with Crippen LogP contribution in [-0.4, -0.2) is 14.8 Å². The lowest BCUT2D eigenvalue weighted by atomic mass is 9.95. The van der Waals surface area contributed by atoms with E-state index in [1.807, 2.05) is 20.8 Å². The molecule has 0 radical (unpaired) electrons. The summed E-state index contributed by atoms with van der Waals surface area (Å²) in [4.78, 5) is 0. The van der Waals surface area contributed by atoms with Gasteiger partial charge < -0.3 is 4.55 Å². The number of rotatable bonds is 5. The van der Waals surface area contributed by atoms with Crippen LogP contribution < -0.4 is 4.72 Å². The van der Waals surface area contributed by atoms with E-state index >= 15 is 0 Å². The summed E-state index contributed by atoms with van der Waals surface area (Å²) in [5.41, 5.74) is 3.90. The van der Waals surface area contributed by atoms with E-state index in [0.29, 0.717) is 0 Å². The lowest BCUT2D eigenvalue weighted by molar-refractivity contribution is 0.413. The molecule has 2 nitrogen and oxygen atoms in total. The SMILES string of the molecule is Cc1ccc(CCC(C)(C)N[S@+]([O-])C(C)(C)C)cc1C. The average Bonchev–Trinajstić information content (AvgIpc) is 2.29. The van der Waals surface area contributed by atoms with Crippen molar-refractivity contribution in [2.24, 2.45) is 0 Å². The Morgan fingerprint density at radius 3 is 2.15 bits per heavy atom. The Hall–Kier alpha value is -0.510. The van der Waals surface area contributed by atoms with Gasteiger partial charge in [-0.15, -0.1) is 4.72 Å². The molecule has 114 valence electrons. The maximum atomic E-state index is 12.2. The highest BCUT2D eigenvalue weighted by Crippen LogP contribution is 2.21. The van der Waals surface area contributed by atoms with Gasteiger partial charge in [-0.25, -0.2) is 0 Å². The molecule has 0 fully saturated rings. The molecule has 1 rings (SSSR count). The first-order chi connectivity index (χ1) is 9.01. The third-order valence-corrected chi connectivity index (χ3v) is 5.39. The molecule has 0 heterocycles. The monoisotopic (exact) mass is 295 g/mol. The first kappa shape index (κ1) is 17.5. The van der Waals surface area contributed by atoms with Crippen LogP contribution in [0.2, 0.25) is 0 Å². The highest BCUT2D eigenvalue weighted by molar-refractivity contribution is 7.90.